The van der Waals surface area contributed by atoms with Crippen molar-refractivity contribution in [1.82, 2.24) is 4.72 Å². The number of nitrogens with one attached hydrogen (secondary N) is 2. The van der Waals surface area contributed by atoms with Crippen LogP contribution in [0.15, 0.2) is 29.2 Å². The fourth-order valence-electron chi connectivity index (χ4n) is 0.989. The molecule has 0 amide bonds. The highest BCUT2D eigenvalue weighted by atomic mass is 32.2. The monoisotopic (exact) mass is 184 g/mol. The third-order valence-corrected chi connectivity index (χ3v) is 3.34. The van der Waals surface area contributed by atoms with Gasteiger partial charge in [-0.15, -0.1) is 0 Å². The largest absolute Gasteiger partial charge is 0.236 e. The van der Waals surface area contributed by atoms with Crippen LogP contribution in [0.3, 0.4) is 0 Å². The summed E-state index contributed by atoms with van der Waals surface area (Å²) in [5, 5.41) is 0. The lowest BCUT2D eigenvalue weighted by Crippen LogP contribution is -2.17. The van der Waals surface area contributed by atoms with Crippen LogP contribution in [0, 0.1) is 11.7 Å². The van der Waals surface area contributed by atoms with Crippen molar-refractivity contribution in [3.63, 3.8) is 0 Å². The normalized spacial score (nSPS) is 15.5. The van der Waals surface area contributed by atoms with Gasteiger partial charge in [-0.2, -0.15) is 0 Å². The minimum atomic E-state index is -2.78. The Morgan fingerprint density at radius 3 is 2.50 bits per heavy atom. The fourth-order valence-corrected chi connectivity index (χ4v) is 2.00. The number of hydrogen-bond donors (Lipinski definition) is 2. The van der Waals surface area contributed by atoms with Crippen molar-refractivity contribution in [1.29, 1.82) is 4.78 Å². The first-order valence-corrected chi connectivity index (χ1v) is 5.16. The summed E-state index contributed by atoms with van der Waals surface area (Å²) in [7, 11) is -1.25. The van der Waals surface area contributed by atoms with Crippen LogP contribution >= 0.6 is 0 Å². The molecule has 0 bridgehead atoms. The van der Waals surface area contributed by atoms with Crippen LogP contribution in [0.25, 0.3) is 0 Å². The second kappa shape index (κ2) is 3.25. The average molecular weight is 184 g/mol. The third kappa shape index (κ3) is 1.65. The van der Waals surface area contributed by atoms with Gasteiger partial charge in [-0.05, 0) is 25.6 Å². The molecule has 0 saturated carbocycles. The summed E-state index contributed by atoms with van der Waals surface area (Å²) in [4.78, 5) is 0.563. The van der Waals surface area contributed by atoms with E-state index in [0.29, 0.717) is 4.90 Å². The standard InChI is InChI=1S/C8H12N2OS/c1-7-5-3-4-6-8(7)12(9,11)10-2/h3-6H,1-2H3,(H2,9,10,11). The van der Waals surface area contributed by atoms with Crippen LogP contribution in [-0.2, 0) is 9.92 Å². The lowest BCUT2D eigenvalue weighted by atomic mass is 10.2. The summed E-state index contributed by atoms with van der Waals surface area (Å²) in [5.74, 6) is 0. The van der Waals surface area contributed by atoms with Gasteiger partial charge in [-0.25, -0.2) is 13.7 Å². The van der Waals surface area contributed by atoms with E-state index in [0.717, 1.165) is 5.56 Å². The van der Waals surface area contributed by atoms with Crippen molar-refractivity contribution >= 4 is 9.92 Å². The molecule has 0 aromatic heterocycles. The van der Waals surface area contributed by atoms with Crippen molar-refractivity contribution in [2.75, 3.05) is 7.05 Å². The Morgan fingerprint density at radius 2 is 2.00 bits per heavy atom. The molecule has 2 N–H and O–H groups in total. The van der Waals surface area contributed by atoms with Crippen LogP contribution < -0.4 is 4.72 Å². The highest BCUT2D eigenvalue weighted by Gasteiger charge is 2.08. The highest BCUT2D eigenvalue weighted by molar-refractivity contribution is 7.90. The van der Waals surface area contributed by atoms with Gasteiger partial charge in [-0.3, -0.25) is 0 Å². The summed E-state index contributed by atoms with van der Waals surface area (Å²) in [6.45, 7) is 1.85. The van der Waals surface area contributed by atoms with Crippen molar-refractivity contribution in [3.05, 3.63) is 29.8 Å². The molecular weight excluding hydrogens is 172 g/mol. The second-order valence-electron chi connectivity index (χ2n) is 2.53. The minimum absolute atomic E-state index is 0.563. The molecule has 0 spiro atoms. The van der Waals surface area contributed by atoms with E-state index in [1.54, 1.807) is 12.1 Å². The van der Waals surface area contributed by atoms with Gasteiger partial charge in [0.25, 0.3) is 0 Å². The lowest BCUT2D eigenvalue weighted by molar-refractivity contribution is 0.668. The van der Waals surface area contributed by atoms with Gasteiger partial charge < -0.3 is 0 Å². The number of aryl methyl sites for hydroxylation is 1. The Kier molecular flexibility index (Phi) is 2.49. The van der Waals surface area contributed by atoms with Gasteiger partial charge in [0, 0.05) is 0 Å². The molecule has 1 aromatic carbocycles. The molecule has 3 nitrogen and oxygen atoms in total. The fraction of sp³-hybridized carbons (Fsp3) is 0.250. The molecule has 1 unspecified atom stereocenters. The van der Waals surface area contributed by atoms with Gasteiger partial charge in [0.05, 0.1) is 4.90 Å². The maximum atomic E-state index is 11.5. The van der Waals surface area contributed by atoms with Crippen LogP contribution in [-0.4, -0.2) is 11.3 Å². The Morgan fingerprint density at radius 1 is 1.42 bits per heavy atom. The van der Waals surface area contributed by atoms with E-state index in [2.05, 4.69) is 4.72 Å². The SMILES string of the molecule is CNS(=N)(=O)c1ccccc1C. The Labute approximate surface area is 72.9 Å². The molecule has 0 saturated heterocycles. The molecule has 1 aromatic rings. The van der Waals surface area contributed by atoms with E-state index in [-0.39, 0.29) is 0 Å². The summed E-state index contributed by atoms with van der Waals surface area (Å²) >= 11 is 0. The zero-order chi connectivity index (χ0) is 9.19. The number of rotatable bonds is 2. The topological polar surface area (TPSA) is 53.0 Å². The van der Waals surface area contributed by atoms with Gasteiger partial charge in [-0.1, -0.05) is 18.2 Å². The van der Waals surface area contributed by atoms with Gasteiger partial charge in [0.2, 0.25) is 0 Å². The molecule has 0 heterocycles. The molecule has 66 valence electrons. The Bertz CT molecular complexity index is 370. The van der Waals surface area contributed by atoms with Gasteiger partial charge >= 0.3 is 0 Å². The first kappa shape index (κ1) is 9.22. The maximum absolute atomic E-state index is 11.5. The van der Waals surface area contributed by atoms with Crippen molar-refractivity contribution in [2.24, 2.45) is 0 Å². The quantitative estimate of drug-likeness (QED) is 0.719. The Balaban J connectivity index is 3.30. The van der Waals surface area contributed by atoms with Gasteiger partial charge in [0.1, 0.15) is 9.92 Å². The van der Waals surface area contributed by atoms with Crippen molar-refractivity contribution in [3.8, 4) is 0 Å². The van der Waals surface area contributed by atoms with Crippen LogP contribution in [0.1, 0.15) is 5.56 Å². The number of hydrogen-bond acceptors (Lipinski definition) is 2. The minimum Gasteiger partial charge on any atom is -0.236 e. The molecule has 12 heavy (non-hydrogen) atoms. The molecule has 0 aliphatic carbocycles. The molecule has 4 heteroatoms. The third-order valence-electron chi connectivity index (χ3n) is 1.69. The molecule has 1 rings (SSSR count). The van der Waals surface area contributed by atoms with E-state index in [1.165, 1.54) is 7.05 Å². The second-order valence-corrected chi connectivity index (χ2v) is 4.49. The molecule has 0 fully saturated rings. The van der Waals surface area contributed by atoms with E-state index in [1.807, 2.05) is 19.1 Å². The smallest absolute Gasteiger partial charge is 0.134 e. The average Bonchev–Trinajstić information content (AvgIpc) is 2.05. The zero-order valence-corrected chi connectivity index (χ0v) is 7.94. The lowest BCUT2D eigenvalue weighted by Gasteiger charge is -2.07. The van der Waals surface area contributed by atoms with Gasteiger partial charge in [0.15, 0.2) is 0 Å². The molecular formula is C8H12N2OS. The number of benzene rings is 1. The maximum Gasteiger partial charge on any atom is 0.134 e. The summed E-state index contributed by atoms with van der Waals surface area (Å²) in [6, 6.07) is 7.21. The first-order chi connectivity index (χ1) is 5.58. The van der Waals surface area contributed by atoms with Crippen LogP contribution in [0.2, 0.25) is 0 Å². The van der Waals surface area contributed by atoms with E-state index < -0.39 is 9.92 Å². The van der Waals surface area contributed by atoms with Crippen LogP contribution in [0.5, 0.6) is 0 Å². The predicted molar refractivity (Wildman–Crippen MR) is 49.4 cm³/mol. The summed E-state index contributed by atoms with van der Waals surface area (Å²) in [6.07, 6.45) is 0. The van der Waals surface area contributed by atoms with E-state index in [4.69, 9.17) is 4.78 Å². The van der Waals surface area contributed by atoms with Crippen molar-refractivity contribution < 1.29 is 4.21 Å². The molecule has 0 aliphatic heterocycles. The molecule has 0 aliphatic rings. The highest BCUT2D eigenvalue weighted by Crippen LogP contribution is 2.13. The van der Waals surface area contributed by atoms with E-state index >= 15 is 0 Å². The van der Waals surface area contributed by atoms with E-state index in [9.17, 15) is 4.21 Å². The van der Waals surface area contributed by atoms with Crippen LogP contribution in [0.4, 0.5) is 0 Å². The predicted octanol–water partition coefficient (Wildman–Crippen LogP) is 1.54. The summed E-state index contributed by atoms with van der Waals surface area (Å²) < 4.78 is 21.5. The molecule has 1 atom stereocenters. The zero-order valence-electron chi connectivity index (χ0n) is 7.13. The first-order valence-electron chi connectivity index (χ1n) is 3.61. The summed E-state index contributed by atoms with van der Waals surface area (Å²) in [5.41, 5.74) is 0.881. The van der Waals surface area contributed by atoms with Crippen molar-refractivity contribution in [2.45, 2.75) is 11.8 Å². The molecule has 0 radical (unpaired) electrons. The Hall–Kier alpha value is -0.870.